The minimum absolute atomic E-state index is 0.0160. The van der Waals surface area contributed by atoms with E-state index in [0.29, 0.717) is 34.1 Å². The van der Waals surface area contributed by atoms with E-state index in [0.717, 1.165) is 18.4 Å². The molecule has 0 spiro atoms. The van der Waals surface area contributed by atoms with Crippen LogP contribution in [0.5, 0.6) is 0 Å². The average Bonchev–Trinajstić information content (AvgIpc) is 2.96. The van der Waals surface area contributed by atoms with Gasteiger partial charge in [0.25, 0.3) is 0 Å². The summed E-state index contributed by atoms with van der Waals surface area (Å²) >= 11 is 13.6. The Hall–Kier alpha value is -1.50. The first-order valence-electron chi connectivity index (χ1n) is 7.95. The molecule has 0 saturated heterocycles. The summed E-state index contributed by atoms with van der Waals surface area (Å²) in [6.45, 7) is 7.07. The van der Waals surface area contributed by atoms with Gasteiger partial charge in [-0.1, -0.05) is 54.4 Å². The number of carbonyl (C=O) groups excluding carboxylic acids is 1. The van der Waals surface area contributed by atoms with Crippen LogP contribution in [-0.2, 0) is 11.3 Å². The molecule has 1 heterocycles. The number of hydrogen-bond donors (Lipinski definition) is 1. The highest BCUT2D eigenvalue weighted by Crippen LogP contribution is 2.31. The van der Waals surface area contributed by atoms with Crippen molar-refractivity contribution in [2.45, 2.75) is 31.5 Å². The van der Waals surface area contributed by atoms with Gasteiger partial charge in [0.05, 0.1) is 10.8 Å². The fourth-order valence-corrected chi connectivity index (χ4v) is 3.42. The third-order valence-corrected chi connectivity index (χ3v) is 4.90. The number of thioether (sulfide) groups is 1. The first-order valence-corrected chi connectivity index (χ1v) is 9.70. The van der Waals surface area contributed by atoms with Gasteiger partial charge >= 0.3 is 0 Å². The number of nitrogens with one attached hydrogen (secondary N) is 1. The lowest BCUT2D eigenvalue weighted by Crippen LogP contribution is -2.26. The van der Waals surface area contributed by atoms with Crippen LogP contribution < -0.4 is 5.32 Å². The highest BCUT2D eigenvalue weighted by molar-refractivity contribution is 7.99. The second-order valence-corrected chi connectivity index (χ2v) is 7.11. The second kappa shape index (κ2) is 9.85. The molecule has 1 amide bonds. The monoisotopic (exact) mass is 398 g/mol. The molecule has 134 valence electrons. The fourth-order valence-electron chi connectivity index (χ4n) is 2.14. The van der Waals surface area contributed by atoms with Gasteiger partial charge in [-0.15, -0.1) is 16.8 Å². The number of aromatic nitrogens is 3. The molecule has 0 aliphatic carbocycles. The van der Waals surface area contributed by atoms with Gasteiger partial charge in [0, 0.05) is 23.7 Å². The van der Waals surface area contributed by atoms with Crippen molar-refractivity contribution >= 4 is 40.9 Å². The Bertz CT molecular complexity index is 748. The van der Waals surface area contributed by atoms with Gasteiger partial charge < -0.3 is 5.32 Å². The van der Waals surface area contributed by atoms with E-state index in [-0.39, 0.29) is 11.7 Å². The topological polar surface area (TPSA) is 59.8 Å². The van der Waals surface area contributed by atoms with Crippen LogP contribution in [0.15, 0.2) is 36.0 Å². The highest BCUT2D eigenvalue weighted by Gasteiger charge is 2.17. The lowest BCUT2D eigenvalue weighted by Gasteiger charge is -2.09. The molecule has 25 heavy (non-hydrogen) atoms. The molecule has 0 unspecified atom stereocenters. The lowest BCUT2D eigenvalue weighted by atomic mass is 10.2. The molecule has 5 nitrogen and oxygen atoms in total. The van der Waals surface area contributed by atoms with Gasteiger partial charge in [-0.25, -0.2) is 0 Å². The zero-order valence-corrected chi connectivity index (χ0v) is 16.3. The van der Waals surface area contributed by atoms with Crippen molar-refractivity contribution in [3.8, 4) is 11.4 Å². The number of carbonyl (C=O) groups is 1. The van der Waals surface area contributed by atoms with Crippen molar-refractivity contribution in [3.05, 3.63) is 40.9 Å². The van der Waals surface area contributed by atoms with Gasteiger partial charge in [-0.05, 0) is 24.6 Å². The molecular weight excluding hydrogens is 379 g/mol. The number of hydrogen-bond acceptors (Lipinski definition) is 4. The molecule has 8 heteroatoms. The minimum Gasteiger partial charge on any atom is -0.355 e. The molecule has 2 aromatic rings. The summed E-state index contributed by atoms with van der Waals surface area (Å²) in [4.78, 5) is 11.9. The SMILES string of the molecule is C=CCn1c(SCC(=O)NCCCC)nnc1-c1ccc(Cl)cc1Cl. The Morgan fingerprint density at radius 3 is 2.88 bits per heavy atom. The van der Waals surface area contributed by atoms with E-state index < -0.39 is 0 Å². The van der Waals surface area contributed by atoms with Crippen molar-refractivity contribution in [1.29, 1.82) is 0 Å². The van der Waals surface area contributed by atoms with Crippen LogP contribution in [0.4, 0.5) is 0 Å². The number of amides is 1. The Morgan fingerprint density at radius 1 is 1.40 bits per heavy atom. The summed E-state index contributed by atoms with van der Waals surface area (Å²) in [5.74, 6) is 0.890. The molecule has 2 rings (SSSR count). The Labute approximate surface area is 161 Å². The van der Waals surface area contributed by atoms with Crippen LogP contribution in [0, 0.1) is 0 Å². The quantitative estimate of drug-likeness (QED) is 0.385. The Balaban J connectivity index is 2.16. The largest absolute Gasteiger partial charge is 0.355 e. The van der Waals surface area contributed by atoms with Gasteiger partial charge in [0.2, 0.25) is 5.91 Å². The van der Waals surface area contributed by atoms with Crippen LogP contribution in [0.3, 0.4) is 0 Å². The van der Waals surface area contributed by atoms with Gasteiger partial charge in [0.15, 0.2) is 11.0 Å². The van der Waals surface area contributed by atoms with Gasteiger partial charge in [-0.2, -0.15) is 0 Å². The summed E-state index contributed by atoms with van der Waals surface area (Å²) in [5, 5.41) is 13.0. The van der Waals surface area contributed by atoms with Crippen molar-refractivity contribution in [3.63, 3.8) is 0 Å². The van der Waals surface area contributed by atoms with Crippen LogP contribution >= 0.6 is 35.0 Å². The Morgan fingerprint density at radius 2 is 2.20 bits per heavy atom. The van der Waals surface area contributed by atoms with Crippen molar-refractivity contribution < 1.29 is 4.79 Å². The number of rotatable bonds is 9. The molecule has 1 N–H and O–H groups in total. The van der Waals surface area contributed by atoms with E-state index >= 15 is 0 Å². The maximum Gasteiger partial charge on any atom is 0.230 e. The van der Waals surface area contributed by atoms with Crippen LogP contribution in [0.2, 0.25) is 10.0 Å². The molecule has 0 saturated carbocycles. The second-order valence-electron chi connectivity index (χ2n) is 5.32. The maximum absolute atomic E-state index is 11.9. The van der Waals surface area contributed by atoms with Crippen LogP contribution in [-0.4, -0.2) is 33.0 Å². The third-order valence-electron chi connectivity index (χ3n) is 3.39. The summed E-state index contributed by atoms with van der Waals surface area (Å²) in [6, 6.07) is 5.23. The molecule has 0 radical (unpaired) electrons. The highest BCUT2D eigenvalue weighted by atomic mass is 35.5. The molecule has 1 aromatic heterocycles. The normalized spacial score (nSPS) is 10.7. The molecule has 0 aliphatic rings. The number of halogens is 2. The van der Waals surface area contributed by atoms with Gasteiger partial charge in [-0.3, -0.25) is 9.36 Å². The fraction of sp³-hybridized carbons (Fsp3) is 0.353. The average molecular weight is 399 g/mol. The van der Waals surface area contributed by atoms with Crippen molar-refractivity contribution in [2.75, 3.05) is 12.3 Å². The molecule has 1 aromatic carbocycles. The zero-order chi connectivity index (χ0) is 18.2. The Kier molecular flexibility index (Phi) is 7.81. The van der Waals surface area contributed by atoms with E-state index in [1.165, 1.54) is 11.8 Å². The van der Waals surface area contributed by atoms with Crippen LogP contribution in [0.25, 0.3) is 11.4 Å². The predicted octanol–water partition coefficient (Wildman–Crippen LogP) is 4.45. The molecule has 0 bridgehead atoms. The maximum atomic E-state index is 11.9. The molecule has 0 aliphatic heterocycles. The van der Waals surface area contributed by atoms with Gasteiger partial charge in [0.1, 0.15) is 0 Å². The predicted molar refractivity (Wildman–Crippen MR) is 104 cm³/mol. The summed E-state index contributed by atoms with van der Waals surface area (Å²) < 4.78 is 1.88. The van der Waals surface area contributed by atoms with E-state index in [1.807, 2.05) is 4.57 Å². The first kappa shape index (κ1) is 19.8. The number of allylic oxidation sites excluding steroid dienone is 1. The van der Waals surface area contributed by atoms with E-state index in [9.17, 15) is 4.79 Å². The third kappa shape index (κ3) is 5.49. The number of unbranched alkanes of at least 4 members (excludes halogenated alkanes) is 1. The molecule has 0 atom stereocenters. The van der Waals surface area contributed by atoms with Crippen LogP contribution in [0.1, 0.15) is 19.8 Å². The lowest BCUT2D eigenvalue weighted by molar-refractivity contribution is -0.118. The first-order chi connectivity index (χ1) is 12.1. The summed E-state index contributed by atoms with van der Waals surface area (Å²) in [7, 11) is 0. The number of nitrogens with zero attached hydrogens (tertiary/aromatic N) is 3. The van der Waals surface area contributed by atoms with E-state index in [1.54, 1.807) is 24.3 Å². The van der Waals surface area contributed by atoms with E-state index in [4.69, 9.17) is 23.2 Å². The summed E-state index contributed by atoms with van der Waals surface area (Å²) in [6.07, 6.45) is 3.77. The van der Waals surface area contributed by atoms with Crippen molar-refractivity contribution in [1.82, 2.24) is 20.1 Å². The van der Waals surface area contributed by atoms with Crippen molar-refractivity contribution in [2.24, 2.45) is 0 Å². The minimum atomic E-state index is -0.0160. The zero-order valence-electron chi connectivity index (χ0n) is 14.0. The molecule has 0 fully saturated rings. The van der Waals surface area contributed by atoms with E-state index in [2.05, 4.69) is 29.0 Å². The smallest absolute Gasteiger partial charge is 0.230 e. The molecular formula is C17H20Cl2N4OS. The summed E-state index contributed by atoms with van der Waals surface area (Å²) in [5.41, 5.74) is 0.736. The number of benzene rings is 1. The standard InChI is InChI=1S/C17H20Cl2N4OS/c1-3-5-8-20-15(24)11-25-17-22-21-16(23(17)9-4-2)13-7-6-12(18)10-14(13)19/h4,6-7,10H,2-3,5,8-9,11H2,1H3,(H,20,24).